The lowest BCUT2D eigenvalue weighted by Gasteiger charge is -2.11. The molecule has 1 N–H and O–H groups in total. The van der Waals surface area contributed by atoms with Gasteiger partial charge in [0.05, 0.1) is 5.56 Å². The van der Waals surface area contributed by atoms with Crippen molar-refractivity contribution in [2.75, 3.05) is 0 Å². The van der Waals surface area contributed by atoms with Crippen molar-refractivity contribution in [3.05, 3.63) is 105 Å². The first-order valence-electron chi connectivity index (χ1n) is 10.1. The second-order valence-corrected chi connectivity index (χ2v) is 8.78. The van der Waals surface area contributed by atoms with Gasteiger partial charge in [0.25, 0.3) is 0 Å². The van der Waals surface area contributed by atoms with Gasteiger partial charge in [0, 0.05) is 27.5 Å². The molecule has 1 aromatic heterocycles. The number of ketones is 1. The van der Waals surface area contributed by atoms with Crippen LogP contribution in [0.2, 0.25) is 0 Å². The number of benzene rings is 3. The summed E-state index contributed by atoms with van der Waals surface area (Å²) >= 11 is 3.46. The molecule has 0 unspecified atom stereocenters. The van der Waals surface area contributed by atoms with Gasteiger partial charge in [0.1, 0.15) is 5.69 Å². The van der Waals surface area contributed by atoms with E-state index in [2.05, 4.69) is 41.9 Å². The monoisotopic (exact) mass is 475 g/mol. The Morgan fingerprint density at radius 3 is 2.26 bits per heavy atom. The van der Waals surface area contributed by atoms with E-state index in [1.54, 1.807) is 28.8 Å². The van der Waals surface area contributed by atoms with Gasteiger partial charge in [-0.05, 0) is 35.2 Å². The number of carbonyl (C=O) groups excluding carboxylic acids is 1. The fourth-order valence-electron chi connectivity index (χ4n) is 3.87. The topological polar surface area (TPSA) is 59.3 Å². The Bertz CT molecular complexity index is 1270. The number of fused-ring (bicyclic) bond motifs is 1. The summed E-state index contributed by atoms with van der Waals surface area (Å²) in [5.41, 5.74) is 3.61. The zero-order valence-corrected chi connectivity index (χ0v) is 18.9. The molecular weight excluding hydrogens is 454 g/mol. The molecule has 0 bridgehead atoms. The molecule has 0 atom stereocenters. The van der Waals surface area contributed by atoms with E-state index in [0.717, 1.165) is 10.0 Å². The van der Waals surface area contributed by atoms with Crippen LogP contribution in [0.25, 0.3) is 10.9 Å². The van der Waals surface area contributed by atoms with Crippen LogP contribution in [0.4, 0.5) is 0 Å². The summed E-state index contributed by atoms with van der Waals surface area (Å²) < 4.78 is 2.52. The largest absolute Gasteiger partial charge is 0.477 e. The van der Waals surface area contributed by atoms with E-state index in [-0.39, 0.29) is 17.0 Å². The van der Waals surface area contributed by atoms with Crippen molar-refractivity contribution >= 4 is 38.6 Å². The van der Waals surface area contributed by atoms with Gasteiger partial charge in [0.2, 0.25) is 0 Å². The molecule has 0 aliphatic rings. The molecule has 5 heteroatoms. The number of carboxylic acid groups (broad SMARTS) is 1. The van der Waals surface area contributed by atoms with Crippen LogP contribution in [-0.2, 0) is 6.54 Å². The van der Waals surface area contributed by atoms with Gasteiger partial charge in [-0.2, -0.15) is 0 Å². The van der Waals surface area contributed by atoms with Crippen molar-refractivity contribution in [3.8, 4) is 0 Å². The molecule has 31 heavy (non-hydrogen) atoms. The third-order valence-electron chi connectivity index (χ3n) is 5.48. The van der Waals surface area contributed by atoms with Gasteiger partial charge in [0.15, 0.2) is 5.78 Å². The van der Waals surface area contributed by atoms with Gasteiger partial charge < -0.3 is 9.67 Å². The van der Waals surface area contributed by atoms with Gasteiger partial charge in [-0.1, -0.05) is 84.4 Å². The summed E-state index contributed by atoms with van der Waals surface area (Å²) in [6, 6.07) is 22.5. The number of rotatable bonds is 6. The Hall–Kier alpha value is -3.18. The smallest absolute Gasteiger partial charge is 0.353 e. The number of halogens is 1. The average molecular weight is 476 g/mol. The predicted molar refractivity (Wildman–Crippen MR) is 126 cm³/mol. The molecule has 0 spiro atoms. The minimum Gasteiger partial charge on any atom is -0.477 e. The Kier molecular flexibility index (Phi) is 5.79. The maximum atomic E-state index is 13.4. The number of carbonyl (C=O) groups is 2. The van der Waals surface area contributed by atoms with Crippen LogP contribution >= 0.6 is 15.9 Å². The normalized spacial score (nSPS) is 11.2. The Morgan fingerprint density at radius 1 is 0.968 bits per heavy atom. The second kappa shape index (κ2) is 8.52. The molecule has 0 aliphatic heterocycles. The lowest BCUT2D eigenvalue weighted by molar-refractivity contribution is 0.0682. The van der Waals surface area contributed by atoms with Crippen molar-refractivity contribution < 1.29 is 14.7 Å². The molecule has 0 saturated carbocycles. The summed E-state index contributed by atoms with van der Waals surface area (Å²) in [7, 11) is 0. The molecule has 4 rings (SSSR count). The van der Waals surface area contributed by atoms with Crippen LogP contribution in [-0.4, -0.2) is 21.4 Å². The van der Waals surface area contributed by atoms with Crippen molar-refractivity contribution in [2.24, 2.45) is 0 Å². The molecule has 0 aliphatic carbocycles. The minimum atomic E-state index is -1.12. The number of aromatic carboxylic acids is 1. The molecule has 4 nitrogen and oxygen atoms in total. The summed E-state index contributed by atoms with van der Waals surface area (Å²) in [6.07, 6.45) is 0. The molecule has 0 saturated heterocycles. The highest BCUT2D eigenvalue weighted by molar-refractivity contribution is 9.10. The van der Waals surface area contributed by atoms with Gasteiger partial charge in [-0.3, -0.25) is 4.79 Å². The van der Waals surface area contributed by atoms with E-state index in [1.165, 1.54) is 5.56 Å². The summed E-state index contributed by atoms with van der Waals surface area (Å²) in [4.78, 5) is 25.8. The van der Waals surface area contributed by atoms with Crippen LogP contribution < -0.4 is 0 Å². The standard InChI is InChI=1S/C26H22BrNO3/c1-16(2)18-10-8-17(9-11-18)15-28-22-13-12-20(27)14-21(22)23(24(28)26(30)31)25(29)19-6-4-3-5-7-19/h3-14,16H,15H2,1-2H3,(H,30,31). The first-order chi connectivity index (χ1) is 14.9. The molecular formula is C26H22BrNO3. The molecule has 0 amide bonds. The highest BCUT2D eigenvalue weighted by Crippen LogP contribution is 2.32. The van der Waals surface area contributed by atoms with E-state index in [9.17, 15) is 14.7 Å². The molecule has 3 aromatic carbocycles. The van der Waals surface area contributed by atoms with E-state index in [4.69, 9.17) is 0 Å². The Balaban J connectivity index is 1.92. The highest BCUT2D eigenvalue weighted by Gasteiger charge is 2.28. The lowest BCUT2D eigenvalue weighted by atomic mass is 10.00. The van der Waals surface area contributed by atoms with E-state index in [0.29, 0.717) is 28.9 Å². The van der Waals surface area contributed by atoms with Crippen LogP contribution in [0.15, 0.2) is 77.3 Å². The van der Waals surface area contributed by atoms with Gasteiger partial charge >= 0.3 is 5.97 Å². The quantitative estimate of drug-likeness (QED) is 0.323. The number of hydrogen-bond acceptors (Lipinski definition) is 2. The number of nitrogens with zero attached hydrogens (tertiary/aromatic N) is 1. The van der Waals surface area contributed by atoms with Crippen LogP contribution in [0.5, 0.6) is 0 Å². The summed E-state index contributed by atoms with van der Waals surface area (Å²) in [5.74, 6) is -0.996. The SMILES string of the molecule is CC(C)c1ccc(Cn2c(C(=O)O)c(C(=O)c3ccccc3)c3cc(Br)ccc32)cc1. The average Bonchev–Trinajstić information content (AvgIpc) is 3.07. The Labute approximate surface area is 189 Å². The molecule has 4 aromatic rings. The number of carboxylic acids is 1. The van der Waals surface area contributed by atoms with Crippen molar-refractivity contribution in [2.45, 2.75) is 26.3 Å². The lowest BCUT2D eigenvalue weighted by Crippen LogP contribution is -2.14. The first-order valence-corrected chi connectivity index (χ1v) is 10.9. The van der Waals surface area contributed by atoms with E-state index in [1.807, 2.05) is 36.4 Å². The van der Waals surface area contributed by atoms with Crippen molar-refractivity contribution in [1.29, 1.82) is 0 Å². The maximum absolute atomic E-state index is 13.4. The summed E-state index contributed by atoms with van der Waals surface area (Å²) in [5, 5.41) is 10.7. The minimum absolute atomic E-state index is 0.00916. The van der Waals surface area contributed by atoms with E-state index >= 15 is 0 Å². The third kappa shape index (κ3) is 4.06. The second-order valence-electron chi connectivity index (χ2n) is 7.87. The predicted octanol–water partition coefficient (Wildman–Crippen LogP) is 6.50. The summed E-state index contributed by atoms with van der Waals surface area (Å²) in [6.45, 7) is 4.63. The van der Waals surface area contributed by atoms with E-state index < -0.39 is 5.97 Å². The fourth-order valence-corrected chi connectivity index (χ4v) is 4.23. The Morgan fingerprint density at radius 2 is 1.65 bits per heavy atom. The zero-order chi connectivity index (χ0) is 22.1. The first kappa shape index (κ1) is 21.1. The van der Waals surface area contributed by atoms with Crippen LogP contribution in [0.1, 0.15) is 57.3 Å². The third-order valence-corrected chi connectivity index (χ3v) is 5.97. The van der Waals surface area contributed by atoms with Crippen molar-refractivity contribution in [3.63, 3.8) is 0 Å². The number of hydrogen-bond donors (Lipinski definition) is 1. The van der Waals surface area contributed by atoms with Crippen molar-refractivity contribution in [1.82, 2.24) is 4.57 Å². The molecule has 156 valence electrons. The maximum Gasteiger partial charge on any atom is 0.353 e. The molecule has 1 heterocycles. The van der Waals surface area contributed by atoms with Gasteiger partial charge in [-0.25, -0.2) is 4.79 Å². The fraction of sp³-hybridized carbons (Fsp3) is 0.154. The zero-order valence-electron chi connectivity index (χ0n) is 17.3. The van der Waals surface area contributed by atoms with Gasteiger partial charge in [-0.15, -0.1) is 0 Å². The molecule has 0 radical (unpaired) electrons. The molecule has 0 fully saturated rings. The highest BCUT2D eigenvalue weighted by atomic mass is 79.9. The van der Waals surface area contributed by atoms with Crippen LogP contribution in [0.3, 0.4) is 0 Å². The van der Waals surface area contributed by atoms with Crippen LogP contribution in [0, 0.1) is 0 Å². The number of aromatic nitrogens is 1.